The lowest BCUT2D eigenvalue weighted by atomic mass is 10.1. The van der Waals surface area contributed by atoms with E-state index in [-0.39, 0.29) is 30.9 Å². The molecule has 0 aliphatic carbocycles. The SMILES string of the molecule is CC(CNC(=O)CNC(=O)CN)N1CCc2sccc2C1. The predicted molar refractivity (Wildman–Crippen MR) is 83.0 cm³/mol. The molecule has 7 heteroatoms. The van der Waals surface area contributed by atoms with Crippen LogP contribution in [0.5, 0.6) is 0 Å². The van der Waals surface area contributed by atoms with Crippen LogP contribution in [0.1, 0.15) is 17.4 Å². The number of carbonyl (C=O) groups excluding carboxylic acids is 2. The third-order valence-corrected chi connectivity index (χ3v) is 4.71. The van der Waals surface area contributed by atoms with Gasteiger partial charge in [0.15, 0.2) is 0 Å². The highest BCUT2D eigenvalue weighted by Crippen LogP contribution is 2.24. The highest BCUT2D eigenvalue weighted by Gasteiger charge is 2.21. The standard InChI is InChI=1S/C14H22N4O2S/c1-10(7-16-14(20)8-17-13(19)6-15)18-4-2-12-11(9-18)3-5-21-12/h3,5,10H,2,4,6-9,15H2,1H3,(H,16,20)(H,17,19). The molecule has 116 valence electrons. The Morgan fingerprint density at radius 2 is 2.24 bits per heavy atom. The number of rotatable bonds is 6. The summed E-state index contributed by atoms with van der Waals surface area (Å²) in [7, 11) is 0. The summed E-state index contributed by atoms with van der Waals surface area (Å²) < 4.78 is 0. The first-order valence-electron chi connectivity index (χ1n) is 7.13. The lowest BCUT2D eigenvalue weighted by molar-refractivity contribution is -0.125. The first-order valence-corrected chi connectivity index (χ1v) is 8.01. The molecule has 0 bridgehead atoms. The van der Waals surface area contributed by atoms with E-state index in [4.69, 9.17) is 5.73 Å². The van der Waals surface area contributed by atoms with E-state index in [0.717, 1.165) is 19.5 Å². The van der Waals surface area contributed by atoms with Crippen molar-refractivity contribution in [1.29, 1.82) is 0 Å². The summed E-state index contributed by atoms with van der Waals surface area (Å²) in [5, 5.41) is 7.44. The fourth-order valence-corrected chi connectivity index (χ4v) is 3.24. The van der Waals surface area contributed by atoms with Crippen molar-refractivity contribution < 1.29 is 9.59 Å². The van der Waals surface area contributed by atoms with Gasteiger partial charge in [0.25, 0.3) is 0 Å². The molecule has 0 saturated heterocycles. The topological polar surface area (TPSA) is 87.5 Å². The lowest BCUT2D eigenvalue weighted by Crippen LogP contribution is -2.46. The second-order valence-corrected chi connectivity index (χ2v) is 6.22. The molecule has 1 aromatic rings. The Morgan fingerprint density at radius 3 is 3.00 bits per heavy atom. The second kappa shape index (κ2) is 7.53. The van der Waals surface area contributed by atoms with E-state index in [1.807, 2.05) is 11.3 Å². The van der Waals surface area contributed by atoms with E-state index in [0.29, 0.717) is 6.54 Å². The number of hydrogen-bond donors (Lipinski definition) is 3. The van der Waals surface area contributed by atoms with E-state index in [2.05, 4.69) is 33.9 Å². The first-order chi connectivity index (χ1) is 10.1. The molecule has 0 aromatic carbocycles. The quantitative estimate of drug-likeness (QED) is 0.672. The van der Waals surface area contributed by atoms with Gasteiger partial charge in [-0.2, -0.15) is 0 Å². The minimum absolute atomic E-state index is 0.0164. The van der Waals surface area contributed by atoms with E-state index < -0.39 is 0 Å². The third kappa shape index (κ3) is 4.52. The van der Waals surface area contributed by atoms with Gasteiger partial charge in [0.05, 0.1) is 13.1 Å². The molecular weight excluding hydrogens is 288 g/mol. The van der Waals surface area contributed by atoms with Crippen LogP contribution >= 0.6 is 11.3 Å². The third-order valence-electron chi connectivity index (χ3n) is 3.69. The van der Waals surface area contributed by atoms with Gasteiger partial charge in [-0.15, -0.1) is 11.3 Å². The fraction of sp³-hybridized carbons (Fsp3) is 0.571. The highest BCUT2D eigenvalue weighted by atomic mass is 32.1. The number of fused-ring (bicyclic) bond motifs is 1. The number of carbonyl (C=O) groups is 2. The average molecular weight is 310 g/mol. The van der Waals surface area contributed by atoms with Crippen molar-refractivity contribution in [2.24, 2.45) is 5.73 Å². The van der Waals surface area contributed by atoms with Crippen molar-refractivity contribution in [3.8, 4) is 0 Å². The molecule has 1 unspecified atom stereocenters. The Bertz CT molecular complexity index is 503. The Labute approximate surface area is 128 Å². The largest absolute Gasteiger partial charge is 0.353 e. The number of nitrogens with two attached hydrogens (primary N) is 1. The van der Waals surface area contributed by atoms with Gasteiger partial charge in [-0.25, -0.2) is 0 Å². The van der Waals surface area contributed by atoms with Crippen LogP contribution in [0.3, 0.4) is 0 Å². The number of thiophene rings is 1. The Balaban J connectivity index is 1.71. The van der Waals surface area contributed by atoms with Crippen LogP contribution in [0.25, 0.3) is 0 Å². The van der Waals surface area contributed by atoms with Gasteiger partial charge < -0.3 is 16.4 Å². The zero-order valence-electron chi connectivity index (χ0n) is 12.2. The molecule has 4 N–H and O–H groups in total. The van der Waals surface area contributed by atoms with Gasteiger partial charge in [0, 0.05) is 30.6 Å². The second-order valence-electron chi connectivity index (χ2n) is 5.22. The van der Waals surface area contributed by atoms with Gasteiger partial charge in [0.2, 0.25) is 11.8 Å². The smallest absolute Gasteiger partial charge is 0.239 e. The number of amides is 2. The molecule has 2 heterocycles. The Morgan fingerprint density at radius 1 is 1.43 bits per heavy atom. The van der Waals surface area contributed by atoms with Crippen LogP contribution < -0.4 is 16.4 Å². The summed E-state index contributed by atoms with van der Waals surface area (Å²) in [6.07, 6.45) is 1.08. The Hall–Kier alpha value is -1.44. The van der Waals surface area contributed by atoms with E-state index in [1.165, 1.54) is 10.4 Å². The maximum absolute atomic E-state index is 11.6. The van der Waals surface area contributed by atoms with Crippen LogP contribution in [0.4, 0.5) is 0 Å². The maximum atomic E-state index is 11.6. The van der Waals surface area contributed by atoms with Gasteiger partial charge in [-0.3, -0.25) is 14.5 Å². The van der Waals surface area contributed by atoms with E-state index in [1.54, 1.807) is 0 Å². The predicted octanol–water partition coefficient (Wildman–Crippen LogP) is -0.314. The molecule has 0 saturated carbocycles. The molecule has 1 aliphatic heterocycles. The molecule has 1 aliphatic rings. The molecule has 1 atom stereocenters. The summed E-state index contributed by atoms with van der Waals surface area (Å²) in [6, 6.07) is 2.45. The summed E-state index contributed by atoms with van der Waals surface area (Å²) in [4.78, 5) is 26.4. The van der Waals surface area contributed by atoms with Crippen LogP contribution in [0, 0.1) is 0 Å². The zero-order chi connectivity index (χ0) is 15.2. The molecule has 0 fully saturated rings. The van der Waals surface area contributed by atoms with Gasteiger partial charge in [-0.05, 0) is 30.4 Å². The van der Waals surface area contributed by atoms with Crippen molar-refractivity contribution in [1.82, 2.24) is 15.5 Å². The van der Waals surface area contributed by atoms with E-state index in [9.17, 15) is 9.59 Å². The number of hydrogen-bond acceptors (Lipinski definition) is 5. The van der Waals surface area contributed by atoms with Crippen LogP contribution in [-0.2, 0) is 22.6 Å². The first kappa shape index (κ1) is 15.9. The number of nitrogens with one attached hydrogen (secondary N) is 2. The average Bonchev–Trinajstić information content (AvgIpc) is 2.97. The summed E-state index contributed by atoms with van der Waals surface area (Å²) in [5.41, 5.74) is 6.56. The summed E-state index contributed by atoms with van der Waals surface area (Å²) >= 11 is 1.82. The normalized spacial score (nSPS) is 16.1. The van der Waals surface area contributed by atoms with Crippen molar-refractivity contribution >= 4 is 23.2 Å². The minimum Gasteiger partial charge on any atom is -0.353 e. The summed E-state index contributed by atoms with van der Waals surface area (Å²) in [5.74, 6) is -0.504. The molecule has 2 rings (SSSR count). The molecule has 6 nitrogen and oxygen atoms in total. The van der Waals surface area contributed by atoms with Crippen LogP contribution in [-0.4, -0.2) is 48.9 Å². The van der Waals surface area contributed by atoms with Gasteiger partial charge in [-0.1, -0.05) is 0 Å². The van der Waals surface area contributed by atoms with Crippen molar-refractivity contribution in [3.05, 3.63) is 21.9 Å². The zero-order valence-corrected chi connectivity index (χ0v) is 13.0. The van der Waals surface area contributed by atoms with Crippen LogP contribution in [0.15, 0.2) is 11.4 Å². The Kier molecular flexibility index (Phi) is 5.72. The van der Waals surface area contributed by atoms with Crippen molar-refractivity contribution in [2.75, 3.05) is 26.2 Å². The molecule has 0 spiro atoms. The monoisotopic (exact) mass is 310 g/mol. The highest BCUT2D eigenvalue weighted by molar-refractivity contribution is 7.10. The maximum Gasteiger partial charge on any atom is 0.239 e. The molecule has 1 aromatic heterocycles. The number of nitrogens with zero attached hydrogens (tertiary/aromatic N) is 1. The summed E-state index contributed by atoms with van der Waals surface area (Å²) in [6.45, 7) is 4.54. The van der Waals surface area contributed by atoms with Gasteiger partial charge in [0.1, 0.15) is 0 Å². The van der Waals surface area contributed by atoms with Crippen LogP contribution in [0.2, 0.25) is 0 Å². The molecule has 2 amide bonds. The molecule has 0 radical (unpaired) electrons. The van der Waals surface area contributed by atoms with Gasteiger partial charge >= 0.3 is 0 Å². The lowest BCUT2D eigenvalue weighted by Gasteiger charge is -2.32. The van der Waals surface area contributed by atoms with E-state index >= 15 is 0 Å². The molecule has 21 heavy (non-hydrogen) atoms. The molecular formula is C14H22N4O2S. The fourth-order valence-electron chi connectivity index (χ4n) is 2.35. The van der Waals surface area contributed by atoms with Crippen molar-refractivity contribution in [2.45, 2.75) is 25.9 Å². The van der Waals surface area contributed by atoms with Crippen molar-refractivity contribution in [3.63, 3.8) is 0 Å². The minimum atomic E-state index is -0.320.